The van der Waals surface area contributed by atoms with E-state index in [0.717, 1.165) is 10.5 Å². The lowest BCUT2D eigenvalue weighted by Gasteiger charge is -2.31. The quantitative estimate of drug-likeness (QED) is 0.655. The number of urea groups is 1. The Morgan fingerprint density at radius 2 is 1.64 bits per heavy atom. The zero-order valence-corrected chi connectivity index (χ0v) is 17.5. The molecule has 28 heavy (non-hydrogen) atoms. The summed E-state index contributed by atoms with van der Waals surface area (Å²) in [4.78, 5) is 27.1. The van der Waals surface area contributed by atoms with Crippen LogP contribution in [0.2, 0.25) is 10.0 Å². The minimum atomic E-state index is -1.63. The highest BCUT2D eigenvalue weighted by atomic mass is 35.5. The van der Waals surface area contributed by atoms with Crippen molar-refractivity contribution in [1.82, 2.24) is 4.90 Å². The van der Waals surface area contributed by atoms with Crippen LogP contribution in [0.1, 0.15) is 25.3 Å². The van der Waals surface area contributed by atoms with Crippen LogP contribution >= 0.6 is 23.2 Å². The average Bonchev–Trinajstić information content (AvgIpc) is 2.62. The van der Waals surface area contributed by atoms with Gasteiger partial charge >= 0.3 is 12.0 Å². The van der Waals surface area contributed by atoms with Crippen LogP contribution in [0, 0.1) is 0 Å². The van der Waals surface area contributed by atoms with Crippen LogP contribution < -0.4 is 9.64 Å². The highest BCUT2D eigenvalue weighted by Crippen LogP contribution is 2.30. The number of carbonyl (C=O) groups excluding carboxylic acids is 1. The van der Waals surface area contributed by atoms with Gasteiger partial charge in [-0.15, -0.1) is 0 Å². The molecular formula is C20H22Cl2N2O4. The molecule has 0 bridgehead atoms. The first-order valence-electron chi connectivity index (χ1n) is 8.56. The van der Waals surface area contributed by atoms with Crippen LogP contribution in [0.25, 0.3) is 0 Å². The van der Waals surface area contributed by atoms with Gasteiger partial charge in [-0.3, -0.25) is 0 Å². The largest absolute Gasteiger partial charge is 0.477 e. The Hall–Kier alpha value is -2.44. The van der Waals surface area contributed by atoms with Gasteiger partial charge in [0.05, 0.1) is 5.02 Å². The second-order valence-corrected chi connectivity index (χ2v) is 7.52. The number of aliphatic carboxylic acids is 1. The topological polar surface area (TPSA) is 70.1 Å². The molecule has 0 fully saturated rings. The lowest BCUT2D eigenvalue weighted by atomic mass is 10.0. The molecule has 0 heterocycles. The summed E-state index contributed by atoms with van der Waals surface area (Å²) in [5, 5.41) is 10.3. The highest BCUT2D eigenvalue weighted by Gasteiger charge is 2.34. The first-order chi connectivity index (χ1) is 13.1. The van der Waals surface area contributed by atoms with E-state index in [-0.39, 0.29) is 10.8 Å². The summed E-state index contributed by atoms with van der Waals surface area (Å²) < 4.78 is 5.62. The highest BCUT2D eigenvalue weighted by molar-refractivity contribution is 6.35. The molecule has 2 rings (SSSR count). The Labute approximate surface area is 174 Å². The van der Waals surface area contributed by atoms with Gasteiger partial charge in [0.2, 0.25) is 0 Å². The van der Waals surface area contributed by atoms with Gasteiger partial charge in [0.15, 0.2) is 0 Å². The summed E-state index contributed by atoms with van der Waals surface area (Å²) in [5.41, 5.74) is 1.45. The molecule has 0 saturated heterocycles. The number of anilines is 1. The summed E-state index contributed by atoms with van der Waals surface area (Å²) in [7, 11) is 3.07. The first-order valence-corrected chi connectivity index (χ1v) is 9.32. The second-order valence-electron chi connectivity index (χ2n) is 6.68. The van der Waals surface area contributed by atoms with Gasteiger partial charge in [0, 0.05) is 24.8 Å². The van der Waals surface area contributed by atoms with Crippen LogP contribution in [0.4, 0.5) is 10.5 Å². The molecule has 0 aromatic heterocycles. The lowest BCUT2D eigenvalue weighted by molar-refractivity contribution is -0.144. The average molecular weight is 425 g/mol. The molecule has 0 spiro atoms. The maximum absolute atomic E-state index is 12.8. The number of benzene rings is 2. The molecular weight excluding hydrogens is 403 g/mol. The number of ether oxygens (including phenoxy) is 1. The molecule has 6 nitrogen and oxygen atoms in total. The molecule has 150 valence electrons. The summed E-state index contributed by atoms with van der Waals surface area (Å²) in [6.45, 7) is 4.09. The van der Waals surface area contributed by atoms with E-state index in [0.29, 0.717) is 16.6 Å². The van der Waals surface area contributed by atoms with Crippen molar-refractivity contribution < 1.29 is 19.4 Å². The van der Waals surface area contributed by atoms with E-state index in [9.17, 15) is 14.7 Å². The zero-order valence-electron chi connectivity index (χ0n) is 16.0. The SMILES string of the molecule is CC(C)c1ccc(N(C(=O)N(C)C)C(Oc2ccc(Cl)cc2Cl)C(=O)O)cc1. The van der Waals surface area contributed by atoms with Crippen LogP contribution in [0.5, 0.6) is 5.75 Å². The monoisotopic (exact) mass is 424 g/mol. The minimum absolute atomic E-state index is 0.105. The molecule has 2 aromatic rings. The Bertz CT molecular complexity index is 854. The van der Waals surface area contributed by atoms with Crippen molar-refractivity contribution in [3.63, 3.8) is 0 Å². The predicted molar refractivity (Wildman–Crippen MR) is 111 cm³/mol. The van der Waals surface area contributed by atoms with E-state index < -0.39 is 18.2 Å². The molecule has 2 aromatic carbocycles. The minimum Gasteiger partial charge on any atom is -0.477 e. The van der Waals surface area contributed by atoms with Crippen molar-refractivity contribution in [2.24, 2.45) is 0 Å². The van der Waals surface area contributed by atoms with E-state index in [1.165, 1.54) is 37.2 Å². The Morgan fingerprint density at radius 3 is 2.11 bits per heavy atom. The van der Waals surface area contributed by atoms with Gasteiger partial charge in [-0.1, -0.05) is 49.2 Å². The Kier molecular flexibility index (Phi) is 7.16. The van der Waals surface area contributed by atoms with Gasteiger partial charge in [-0.2, -0.15) is 0 Å². The molecule has 0 aliphatic carbocycles. The molecule has 0 saturated carbocycles. The molecule has 0 aliphatic heterocycles. The van der Waals surface area contributed by atoms with Crippen LogP contribution in [-0.2, 0) is 4.79 Å². The zero-order chi connectivity index (χ0) is 21.0. The third kappa shape index (κ3) is 5.09. The first kappa shape index (κ1) is 21.9. The second kappa shape index (κ2) is 9.17. The number of carboxylic acid groups (broad SMARTS) is 1. The van der Waals surface area contributed by atoms with Crippen LogP contribution in [0.3, 0.4) is 0 Å². The van der Waals surface area contributed by atoms with Gasteiger partial charge in [-0.25, -0.2) is 14.5 Å². The van der Waals surface area contributed by atoms with Crippen LogP contribution in [-0.4, -0.2) is 42.3 Å². The number of rotatable bonds is 6. The van der Waals surface area contributed by atoms with Crippen molar-refractivity contribution in [3.05, 3.63) is 58.1 Å². The third-order valence-corrected chi connectivity index (χ3v) is 4.54. The predicted octanol–water partition coefficient (Wildman–Crippen LogP) is 5.09. The molecule has 0 aliphatic rings. The Balaban J connectivity index is 2.48. The van der Waals surface area contributed by atoms with E-state index in [2.05, 4.69) is 0 Å². The molecule has 0 radical (unpaired) electrons. The smallest absolute Gasteiger partial charge is 0.367 e. The number of amides is 2. The molecule has 2 amide bonds. The lowest BCUT2D eigenvalue weighted by Crippen LogP contribution is -2.52. The third-order valence-electron chi connectivity index (χ3n) is 4.00. The number of carboxylic acids is 1. The van der Waals surface area contributed by atoms with Crippen molar-refractivity contribution in [2.75, 3.05) is 19.0 Å². The van der Waals surface area contributed by atoms with Gasteiger partial charge < -0.3 is 14.7 Å². The number of nitrogens with zero attached hydrogens (tertiary/aromatic N) is 2. The van der Waals surface area contributed by atoms with E-state index >= 15 is 0 Å². The van der Waals surface area contributed by atoms with Gasteiger partial charge in [0.1, 0.15) is 5.75 Å². The van der Waals surface area contributed by atoms with Crippen LogP contribution in [0.15, 0.2) is 42.5 Å². The van der Waals surface area contributed by atoms with Gasteiger partial charge in [0.25, 0.3) is 6.23 Å². The number of carbonyl (C=O) groups is 2. The molecule has 1 N–H and O–H groups in total. The fourth-order valence-corrected chi connectivity index (χ4v) is 2.94. The summed E-state index contributed by atoms with van der Waals surface area (Å²) in [6.07, 6.45) is -1.63. The van der Waals surface area contributed by atoms with Crippen molar-refractivity contribution in [3.8, 4) is 5.75 Å². The van der Waals surface area contributed by atoms with Crippen molar-refractivity contribution >= 4 is 40.9 Å². The summed E-state index contributed by atoms with van der Waals surface area (Å²) in [6, 6.07) is 11.0. The Morgan fingerprint density at radius 1 is 1.04 bits per heavy atom. The van der Waals surface area contributed by atoms with Crippen molar-refractivity contribution in [2.45, 2.75) is 26.0 Å². The number of halogens is 2. The maximum Gasteiger partial charge on any atom is 0.367 e. The standard InChI is InChI=1S/C20H22Cl2N2O4/c1-12(2)13-5-8-15(9-6-13)24(20(27)23(3)4)18(19(25)26)28-17-10-7-14(21)11-16(17)22/h5-12,18H,1-4H3,(H,25,26). The number of hydrogen-bond donors (Lipinski definition) is 1. The normalized spacial score (nSPS) is 11.8. The van der Waals surface area contributed by atoms with Crippen molar-refractivity contribution in [1.29, 1.82) is 0 Å². The van der Waals surface area contributed by atoms with Gasteiger partial charge in [-0.05, 0) is 41.8 Å². The molecule has 8 heteroatoms. The molecule has 1 unspecified atom stereocenters. The number of hydrogen-bond acceptors (Lipinski definition) is 3. The van der Waals surface area contributed by atoms with E-state index in [4.69, 9.17) is 27.9 Å². The maximum atomic E-state index is 12.8. The van der Waals surface area contributed by atoms with E-state index in [1.807, 2.05) is 26.0 Å². The van der Waals surface area contributed by atoms with E-state index in [1.54, 1.807) is 12.1 Å². The molecule has 1 atom stereocenters. The summed E-state index contributed by atoms with van der Waals surface area (Å²) >= 11 is 12.0. The fourth-order valence-electron chi connectivity index (χ4n) is 2.49. The fraction of sp³-hybridized carbons (Fsp3) is 0.300. The summed E-state index contributed by atoms with van der Waals surface area (Å²) in [5.74, 6) is -0.936.